The van der Waals surface area contributed by atoms with Crippen molar-refractivity contribution < 1.29 is 9.32 Å². The van der Waals surface area contributed by atoms with Gasteiger partial charge in [-0.3, -0.25) is 0 Å². The molecule has 3 aromatic rings. The first-order chi connectivity index (χ1) is 11.2. The minimum atomic E-state index is -0.365. The van der Waals surface area contributed by atoms with Gasteiger partial charge in [-0.15, -0.1) is 0 Å². The fourth-order valence-electron chi connectivity index (χ4n) is 2.04. The number of aromatic nitrogens is 1. The molecule has 0 aliphatic carbocycles. The van der Waals surface area contributed by atoms with Crippen molar-refractivity contribution in [2.75, 3.05) is 5.32 Å². The lowest BCUT2D eigenvalue weighted by Crippen LogP contribution is -2.28. The molecule has 0 bridgehead atoms. The normalized spacial score (nSPS) is 10.3. The summed E-state index contributed by atoms with van der Waals surface area (Å²) in [5.41, 5.74) is 2.24. The number of hydrogen-bond acceptors (Lipinski definition) is 3. The summed E-state index contributed by atoms with van der Waals surface area (Å²) in [5, 5.41) is 9.85. The number of amides is 2. The van der Waals surface area contributed by atoms with Crippen LogP contribution in [-0.4, -0.2) is 11.2 Å². The Morgan fingerprint density at radius 2 is 1.83 bits per heavy atom. The van der Waals surface area contributed by atoms with Gasteiger partial charge in [0, 0.05) is 11.6 Å². The maximum Gasteiger partial charge on any atom is 0.319 e. The van der Waals surface area contributed by atoms with Crippen LogP contribution in [0, 0.1) is 0 Å². The van der Waals surface area contributed by atoms with Crippen molar-refractivity contribution in [3.63, 3.8) is 0 Å². The highest BCUT2D eigenvalue weighted by atomic mass is 35.5. The first-order valence-electron chi connectivity index (χ1n) is 7.03. The topological polar surface area (TPSA) is 67.2 Å². The van der Waals surface area contributed by atoms with E-state index in [1.807, 2.05) is 30.3 Å². The quantitative estimate of drug-likeness (QED) is 0.750. The average Bonchev–Trinajstić information content (AvgIpc) is 3.05. The minimum Gasteiger partial charge on any atom is -0.359 e. The molecule has 0 radical (unpaired) electrons. The summed E-state index contributed by atoms with van der Waals surface area (Å²) in [6.45, 7) is 0.232. The second kappa shape index (κ2) is 6.98. The van der Waals surface area contributed by atoms with Gasteiger partial charge in [0.15, 0.2) is 5.76 Å². The minimum absolute atomic E-state index is 0.232. The Balaban J connectivity index is 1.58. The highest BCUT2D eigenvalue weighted by molar-refractivity contribution is 6.33. The van der Waals surface area contributed by atoms with Crippen molar-refractivity contribution in [2.45, 2.75) is 6.54 Å². The zero-order valence-electron chi connectivity index (χ0n) is 12.1. The van der Waals surface area contributed by atoms with E-state index in [1.165, 1.54) is 0 Å². The molecule has 1 aromatic heterocycles. The molecule has 116 valence electrons. The molecule has 2 N–H and O–H groups in total. The fourth-order valence-corrected chi connectivity index (χ4v) is 2.22. The Bertz CT molecular complexity index is 802. The Kier molecular flexibility index (Phi) is 4.59. The molecule has 0 aliphatic heterocycles. The second-order valence-electron chi connectivity index (χ2n) is 4.83. The molecule has 6 heteroatoms. The number of nitrogens with one attached hydrogen (secondary N) is 2. The molecule has 2 amide bonds. The van der Waals surface area contributed by atoms with Crippen LogP contribution in [0.2, 0.25) is 5.02 Å². The van der Waals surface area contributed by atoms with E-state index in [1.54, 1.807) is 30.3 Å². The van der Waals surface area contributed by atoms with Gasteiger partial charge in [0.05, 0.1) is 17.3 Å². The number of carbonyl (C=O) groups excluding carboxylic acids is 1. The highest BCUT2D eigenvalue weighted by Gasteiger charge is 2.09. The van der Waals surface area contributed by atoms with Crippen LogP contribution in [0.4, 0.5) is 10.5 Å². The van der Waals surface area contributed by atoms with E-state index >= 15 is 0 Å². The number of urea groups is 1. The monoisotopic (exact) mass is 327 g/mol. The summed E-state index contributed by atoms with van der Waals surface area (Å²) < 4.78 is 5.22. The molecule has 2 aromatic carbocycles. The van der Waals surface area contributed by atoms with Crippen LogP contribution >= 0.6 is 11.6 Å². The van der Waals surface area contributed by atoms with Gasteiger partial charge >= 0.3 is 6.03 Å². The molecule has 0 atom stereocenters. The maximum atomic E-state index is 11.9. The summed E-state index contributed by atoms with van der Waals surface area (Å²) in [4.78, 5) is 11.9. The van der Waals surface area contributed by atoms with E-state index in [2.05, 4.69) is 15.8 Å². The number of anilines is 1. The van der Waals surface area contributed by atoms with E-state index in [9.17, 15) is 4.79 Å². The van der Waals surface area contributed by atoms with Crippen molar-refractivity contribution in [3.05, 3.63) is 71.4 Å². The molecule has 0 unspecified atom stereocenters. The lowest BCUT2D eigenvalue weighted by Gasteiger charge is -2.07. The number of hydrogen-bond donors (Lipinski definition) is 2. The van der Waals surface area contributed by atoms with Crippen molar-refractivity contribution >= 4 is 23.3 Å². The van der Waals surface area contributed by atoms with Gasteiger partial charge in [-0.05, 0) is 12.1 Å². The highest BCUT2D eigenvalue weighted by Crippen LogP contribution is 2.20. The number of halogens is 1. The second-order valence-corrected chi connectivity index (χ2v) is 5.24. The van der Waals surface area contributed by atoms with Crippen LogP contribution in [0.25, 0.3) is 11.3 Å². The van der Waals surface area contributed by atoms with Crippen LogP contribution in [0.3, 0.4) is 0 Å². The summed E-state index contributed by atoms with van der Waals surface area (Å²) in [6.07, 6.45) is 0. The largest absolute Gasteiger partial charge is 0.359 e. The molecular formula is C17H14ClN3O2. The molecule has 0 saturated carbocycles. The molecule has 23 heavy (non-hydrogen) atoms. The Hall–Kier alpha value is -2.79. The van der Waals surface area contributed by atoms with E-state index in [0.29, 0.717) is 16.5 Å². The number of benzene rings is 2. The first-order valence-corrected chi connectivity index (χ1v) is 7.40. The lowest BCUT2D eigenvalue weighted by molar-refractivity contribution is 0.250. The van der Waals surface area contributed by atoms with E-state index in [-0.39, 0.29) is 12.6 Å². The van der Waals surface area contributed by atoms with Gasteiger partial charge in [-0.1, -0.05) is 59.2 Å². The van der Waals surface area contributed by atoms with Gasteiger partial charge in [0.25, 0.3) is 0 Å². The number of nitrogens with zero attached hydrogens (tertiary/aromatic N) is 1. The molecule has 1 heterocycles. The maximum absolute atomic E-state index is 11.9. The first kappa shape index (κ1) is 15.1. The van der Waals surface area contributed by atoms with E-state index < -0.39 is 0 Å². The number of rotatable bonds is 4. The van der Waals surface area contributed by atoms with Crippen molar-refractivity contribution in [1.82, 2.24) is 10.5 Å². The third-order valence-corrected chi connectivity index (χ3v) is 3.50. The van der Waals surface area contributed by atoms with Gasteiger partial charge in [-0.25, -0.2) is 4.79 Å². The van der Waals surface area contributed by atoms with Crippen LogP contribution in [0.1, 0.15) is 5.76 Å². The predicted octanol–water partition coefficient (Wildman–Crippen LogP) is 4.32. The smallest absolute Gasteiger partial charge is 0.319 e. The van der Waals surface area contributed by atoms with Crippen molar-refractivity contribution in [2.24, 2.45) is 0 Å². The van der Waals surface area contributed by atoms with Gasteiger partial charge in [0.1, 0.15) is 5.69 Å². The zero-order chi connectivity index (χ0) is 16.1. The van der Waals surface area contributed by atoms with Crippen molar-refractivity contribution in [1.29, 1.82) is 0 Å². The van der Waals surface area contributed by atoms with Gasteiger partial charge in [-0.2, -0.15) is 0 Å². The molecule has 0 fully saturated rings. The van der Waals surface area contributed by atoms with Crippen LogP contribution in [0.15, 0.2) is 65.2 Å². The third kappa shape index (κ3) is 3.90. The fraction of sp³-hybridized carbons (Fsp3) is 0.0588. The van der Waals surface area contributed by atoms with Gasteiger partial charge in [0.2, 0.25) is 0 Å². The van der Waals surface area contributed by atoms with Crippen LogP contribution < -0.4 is 10.6 Å². The molecule has 3 rings (SSSR count). The van der Waals surface area contributed by atoms with Gasteiger partial charge < -0.3 is 15.2 Å². The predicted molar refractivity (Wildman–Crippen MR) is 89.2 cm³/mol. The number of para-hydroxylation sites is 1. The van der Waals surface area contributed by atoms with Crippen LogP contribution in [0.5, 0.6) is 0 Å². The molecular weight excluding hydrogens is 314 g/mol. The summed E-state index contributed by atoms with van der Waals surface area (Å²) >= 11 is 5.99. The summed E-state index contributed by atoms with van der Waals surface area (Å²) in [5.74, 6) is 0.568. The zero-order valence-corrected chi connectivity index (χ0v) is 12.9. The standard InChI is InChI=1S/C17H14ClN3O2/c18-14-8-4-5-9-15(14)20-17(22)19-11-13-10-16(21-23-13)12-6-2-1-3-7-12/h1-10H,11H2,(H2,19,20,22). The third-order valence-electron chi connectivity index (χ3n) is 3.17. The average molecular weight is 328 g/mol. The molecule has 0 spiro atoms. The summed E-state index contributed by atoms with van der Waals surface area (Å²) in [6, 6.07) is 18.1. The summed E-state index contributed by atoms with van der Waals surface area (Å²) in [7, 11) is 0. The SMILES string of the molecule is O=C(NCc1cc(-c2ccccc2)no1)Nc1ccccc1Cl. The molecule has 5 nitrogen and oxygen atoms in total. The molecule has 0 aliphatic rings. The molecule has 0 saturated heterocycles. The van der Waals surface area contributed by atoms with E-state index in [4.69, 9.17) is 16.1 Å². The Morgan fingerprint density at radius 3 is 2.61 bits per heavy atom. The lowest BCUT2D eigenvalue weighted by atomic mass is 10.1. The number of carbonyl (C=O) groups is 1. The van der Waals surface area contributed by atoms with E-state index in [0.717, 1.165) is 11.3 Å². The Morgan fingerprint density at radius 1 is 1.09 bits per heavy atom. The van der Waals surface area contributed by atoms with Crippen molar-refractivity contribution in [3.8, 4) is 11.3 Å². The van der Waals surface area contributed by atoms with Crippen LogP contribution in [-0.2, 0) is 6.54 Å². The Labute approximate surface area is 138 Å².